The second-order valence-corrected chi connectivity index (χ2v) is 5.27. The summed E-state index contributed by atoms with van der Waals surface area (Å²) in [6, 6.07) is 5.91. The molecule has 0 fully saturated rings. The summed E-state index contributed by atoms with van der Waals surface area (Å²) >= 11 is 5.87. The number of rotatable bonds is 7. The number of nitrogens with zero attached hydrogens (tertiary/aromatic N) is 2. The van der Waals surface area contributed by atoms with Crippen molar-refractivity contribution >= 4 is 22.6 Å². The maximum absolute atomic E-state index is 5.87. The van der Waals surface area contributed by atoms with Crippen molar-refractivity contribution in [2.24, 2.45) is 0 Å². The second-order valence-electron chi connectivity index (χ2n) is 4.89. The summed E-state index contributed by atoms with van der Waals surface area (Å²) in [6.45, 7) is 5.51. The number of alkyl halides is 1. The zero-order valence-corrected chi connectivity index (χ0v) is 13.0. The van der Waals surface area contributed by atoms with E-state index in [-0.39, 0.29) is 6.10 Å². The van der Waals surface area contributed by atoms with Gasteiger partial charge in [0.2, 0.25) is 0 Å². The highest BCUT2D eigenvalue weighted by Gasteiger charge is 2.11. The minimum atomic E-state index is 0.232. The number of halogens is 1. The zero-order chi connectivity index (χ0) is 14.5. The molecular weight excluding hydrogens is 276 g/mol. The number of methoxy groups -OCH3 is 1. The van der Waals surface area contributed by atoms with E-state index in [9.17, 15) is 0 Å². The number of imidazole rings is 1. The Balaban J connectivity index is 2.32. The third-order valence-electron chi connectivity index (χ3n) is 3.12. The Kier molecular flexibility index (Phi) is 5.26. The van der Waals surface area contributed by atoms with Crippen molar-refractivity contribution < 1.29 is 9.47 Å². The summed E-state index contributed by atoms with van der Waals surface area (Å²) in [5, 5.41) is 0. The molecule has 1 heterocycles. The fraction of sp³-hybridized carbons (Fsp3) is 0.533. The van der Waals surface area contributed by atoms with Crippen molar-refractivity contribution in [1.82, 2.24) is 9.55 Å². The van der Waals surface area contributed by atoms with Gasteiger partial charge in [-0.2, -0.15) is 0 Å². The van der Waals surface area contributed by atoms with E-state index >= 15 is 0 Å². The van der Waals surface area contributed by atoms with Crippen LogP contribution in [0.25, 0.3) is 11.0 Å². The Bertz CT molecular complexity index is 566. The Morgan fingerprint density at radius 1 is 1.35 bits per heavy atom. The van der Waals surface area contributed by atoms with E-state index in [0.29, 0.717) is 12.5 Å². The minimum absolute atomic E-state index is 0.232. The zero-order valence-electron chi connectivity index (χ0n) is 12.2. The van der Waals surface area contributed by atoms with Crippen LogP contribution in [0.5, 0.6) is 5.75 Å². The van der Waals surface area contributed by atoms with Gasteiger partial charge < -0.3 is 14.0 Å². The number of hydrogen-bond acceptors (Lipinski definition) is 3. The molecular formula is C15H21ClN2O2. The lowest BCUT2D eigenvalue weighted by atomic mass is 10.3. The second kappa shape index (κ2) is 6.95. The van der Waals surface area contributed by atoms with E-state index in [0.717, 1.165) is 35.6 Å². The van der Waals surface area contributed by atoms with Crippen LogP contribution in [-0.2, 0) is 17.7 Å². The molecule has 4 nitrogen and oxygen atoms in total. The highest BCUT2D eigenvalue weighted by Crippen LogP contribution is 2.22. The summed E-state index contributed by atoms with van der Waals surface area (Å²) in [4.78, 5) is 4.64. The van der Waals surface area contributed by atoms with Crippen LogP contribution in [0.1, 0.15) is 19.7 Å². The van der Waals surface area contributed by atoms with Gasteiger partial charge in [-0.25, -0.2) is 4.98 Å². The predicted octanol–water partition coefficient (Wildman–Crippen LogP) is 3.25. The molecule has 0 aliphatic carbocycles. The van der Waals surface area contributed by atoms with E-state index in [1.54, 1.807) is 7.11 Å². The molecule has 0 aliphatic heterocycles. The van der Waals surface area contributed by atoms with E-state index in [4.69, 9.17) is 21.1 Å². The molecule has 0 unspecified atom stereocenters. The maximum Gasteiger partial charge on any atom is 0.121 e. The summed E-state index contributed by atoms with van der Waals surface area (Å²) < 4.78 is 13.1. The molecule has 2 rings (SSSR count). The van der Waals surface area contributed by atoms with Gasteiger partial charge in [0, 0.05) is 24.9 Å². The van der Waals surface area contributed by atoms with Gasteiger partial charge in [0.05, 0.1) is 30.9 Å². The topological polar surface area (TPSA) is 36.3 Å². The molecule has 0 saturated carbocycles. The standard InChI is InChI=1S/C15H21ClN2O2/c1-11(2)20-9-8-18-14-10-12(19-3)4-5-13(14)17-15(18)6-7-16/h4-5,10-11H,6-9H2,1-3H3. The Labute approximate surface area is 124 Å². The lowest BCUT2D eigenvalue weighted by Crippen LogP contribution is -2.13. The lowest BCUT2D eigenvalue weighted by molar-refractivity contribution is 0.0729. The predicted molar refractivity (Wildman–Crippen MR) is 81.8 cm³/mol. The first-order valence-electron chi connectivity index (χ1n) is 6.86. The van der Waals surface area contributed by atoms with Crippen LogP contribution < -0.4 is 4.74 Å². The molecule has 5 heteroatoms. The van der Waals surface area contributed by atoms with Gasteiger partial charge in [0.1, 0.15) is 11.6 Å². The normalized spacial score (nSPS) is 11.4. The summed E-state index contributed by atoms with van der Waals surface area (Å²) in [7, 11) is 1.67. The fourth-order valence-electron chi connectivity index (χ4n) is 2.18. The van der Waals surface area contributed by atoms with Crippen molar-refractivity contribution in [3.63, 3.8) is 0 Å². The SMILES string of the molecule is COc1ccc2nc(CCCl)n(CCOC(C)C)c2c1. The molecule has 0 radical (unpaired) electrons. The molecule has 20 heavy (non-hydrogen) atoms. The average molecular weight is 297 g/mol. The van der Waals surface area contributed by atoms with E-state index in [1.165, 1.54) is 0 Å². The van der Waals surface area contributed by atoms with Gasteiger partial charge in [-0.05, 0) is 26.0 Å². The molecule has 1 aromatic heterocycles. The first-order chi connectivity index (χ1) is 9.65. The van der Waals surface area contributed by atoms with Gasteiger partial charge in [0.15, 0.2) is 0 Å². The van der Waals surface area contributed by atoms with Crippen molar-refractivity contribution in [2.45, 2.75) is 32.9 Å². The Morgan fingerprint density at radius 2 is 2.15 bits per heavy atom. The number of hydrogen-bond donors (Lipinski definition) is 0. The highest BCUT2D eigenvalue weighted by atomic mass is 35.5. The molecule has 0 N–H and O–H groups in total. The first kappa shape index (κ1) is 15.1. The van der Waals surface area contributed by atoms with Crippen LogP contribution in [0.15, 0.2) is 18.2 Å². The molecule has 0 spiro atoms. The molecule has 110 valence electrons. The Morgan fingerprint density at radius 3 is 2.80 bits per heavy atom. The van der Waals surface area contributed by atoms with Crippen LogP contribution in [0.4, 0.5) is 0 Å². The van der Waals surface area contributed by atoms with Crippen LogP contribution in [0, 0.1) is 0 Å². The summed E-state index contributed by atoms with van der Waals surface area (Å²) in [6.07, 6.45) is 0.982. The number of ether oxygens (including phenoxy) is 2. The van der Waals surface area contributed by atoms with Gasteiger partial charge in [-0.1, -0.05) is 0 Å². The summed E-state index contributed by atoms with van der Waals surface area (Å²) in [5.74, 6) is 2.39. The van der Waals surface area contributed by atoms with Crippen molar-refractivity contribution in [3.8, 4) is 5.75 Å². The van der Waals surface area contributed by atoms with Gasteiger partial charge in [0.25, 0.3) is 0 Å². The average Bonchev–Trinajstić information content (AvgIpc) is 2.76. The lowest BCUT2D eigenvalue weighted by Gasteiger charge is -2.11. The molecule has 0 amide bonds. The number of fused-ring (bicyclic) bond motifs is 1. The molecule has 0 bridgehead atoms. The molecule has 0 atom stereocenters. The van der Waals surface area contributed by atoms with Crippen LogP contribution in [-0.4, -0.2) is 35.3 Å². The third kappa shape index (κ3) is 3.44. The number of aromatic nitrogens is 2. The summed E-state index contributed by atoms with van der Waals surface area (Å²) in [5.41, 5.74) is 2.03. The van der Waals surface area contributed by atoms with Crippen molar-refractivity contribution in [3.05, 3.63) is 24.0 Å². The van der Waals surface area contributed by atoms with E-state index in [2.05, 4.69) is 9.55 Å². The van der Waals surface area contributed by atoms with Crippen LogP contribution >= 0.6 is 11.6 Å². The number of benzene rings is 1. The smallest absolute Gasteiger partial charge is 0.121 e. The van der Waals surface area contributed by atoms with Gasteiger partial charge in [-0.15, -0.1) is 11.6 Å². The minimum Gasteiger partial charge on any atom is -0.497 e. The largest absolute Gasteiger partial charge is 0.497 e. The first-order valence-corrected chi connectivity index (χ1v) is 7.40. The third-order valence-corrected chi connectivity index (χ3v) is 3.31. The number of aryl methyl sites for hydroxylation is 1. The van der Waals surface area contributed by atoms with E-state index in [1.807, 2.05) is 32.0 Å². The molecule has 2 aromatic rings. The highest BCUT2D eigenvalue weighted by molar-refractivity contribution is 6.17. The van der Waals surface area contributed by atoms with Crippen LogP contribution in [0.3, 0.4) is 0 Å². The quantitative estimate of drug-likeness (QED) is 0.736. The maximum atomic E-state index is 5.87. The van der Waals surface area contributed by atoms with Crippen LogP contribution in [0.2, 0.25) is 0 Å². The molecule has 0 saturated heterocycles. The van der Waals surface area contributed by atoms with Gasteiger partial charge >= 0.3 is 0 Å². The van der Waals surface area contributed by atoms with Crippen molar-refractivity contribution in [1.29, 1.82) is 0 Å². The molecule has 0 aliphatic rings. The fourth-order valence-corrected chi connectivity index (χ4v) is 2.35. The van der Waals surface area contributed by atoms with Crippen molar-refractivity contribution in [2.75, 3.05) is 19.6 Å². The molecule has 1 aromatic carbocycles. The van der Waals surface area contributed by atoms with E-state index < -0.39 is 0 Å². The Hall–Kier alpha value is -1.26. The monoisotopic (exact) mass is 296 g/mol. The van der Waals surface area contributed by atoms with Gasteiger partial charge in [-0.3, -0.25) is 0 Å².